The van der Waals surface area contributed by atoms with Gasteiger partial charge in [0.05, 0.1) is 6.61 Å². The molecule has 0 aliphatic carbocycles. The lowest BCUT2D eigenvalue weighted by Gasteiger charge is -2.16. The molecule has 0 saturated carbocycles. The van der Waals surface area contributed by atoms with Gasteiger partial charge in [0, 0.05) is 12.6 Å². The number of nitrogens with one attached hydrogen (secondary N) is 1. The topological polar surface area (TPSA) is 64.3 Å². The van der Waals surface area contributed by atoms with E-state index >= 15 is 0 Å². The van der Waals surface area contributed by atoms with Crippen molar-refractivity contribution < 1.29 is 9.53 Å². The highest BCUT2D eigenvalue weighted by molar-refractivity contribution is 5.85. The van der Waals surface area contributed by atoms with Crippen molar-refractivity contribution in [1.29, 1.82) is 0 Å². The zero-order valence-corrected chi connectivity index (χ0v) is 12.8. The fourth-order valence-corrected chi connectivity index (χ4v) is 1.80. The number of amides is 1. The Kier molecular flexibility index (Phi) is 11.1. The van der Waals surface area contributed by atoms with Gasteiger partial charge in [0.1, 0.15) is 6.61 Å². The van der Waals surface area contributed by atoms with E-state index in [0.717, 1.165) is 24.8 Å². The molecule has 0 aromatic heterocycles. The summed E-state index contributed by atoms with van der Waals surface area (Å²) in [5.41, 5.74) is 6.69. The Morgan fingerprint density at radius 3 is 2.65 bits per heavy atom. The summed E-state index contributed by atoms with van der Waals surface area (Å²) in [6.07, 6.45) is 3.11. The lowest BCUT2D eigenvalue weighted by atomic mass is 10.1. The quantitative estimate of drug-likeness (QED) is 0.735. The number of benzene rings is 1. The van der Waals surface area contributed by atoms with Crippen LogP contribution in [0.25, 0.3) is 0 Å². The lowest BCUT2D eigenvalue weighted by molar-refractivity contribution is -0.126. The Hall–Kier alpha value is -1.10. The summed E-state index contributed by atoms with van der Waals surface area (Å²) < 4.78 is 5.38. The van der Waals surface area contributed by atoms with E-state index in [1.54, 1.807) is 0 Å². The van der Waals surface area contributed by atoms with Gasteiger partial charge in [-0.25, -0.2) is 0 Å². The number of nitrogens with two attached hydrogens (primary N) is 1. The third-order valence-electron chi connectivity index (χ3n) is 2.90. The Morgan fingerprint density at radius 1 is 1.35 bits per heavy atom. The van der Waals surface area contributed by atoms with Gasteiger partial charge in [0.15, 0.2) is 0 Å². The standard InChI is InChI=1S/C15H24N2O2.ClH/c1-2-3-9-14(10-16)17-15(18)12-19-11-13-7-5-4-6-8-13;/h4-8,14H,2-3,9-12,16H2,1H3,(H,17,18);1H. The third-order valence-corrected chi connectivity index (χ3v) is 2.90. The van der Waals surface area contributed by atoms with Gasteiger partial charge in [-0.3, -0.25) is 4.79 Å². The van der Waals surface area contributed by atoms with E-state index in [9.17, 15) is 4.79 Å². The van der Waals surface area contributed by atoms with Crippen molar-refractivity contribution in [3.8, 4) is 0 Å². The lowest BCUT2D eigenvalue weighted by Crippen LogP contribution is -2.41. The number of halogens is 1. The van der Waals surface area contributed by atoms with Gasteiger partial charge in [-0.15, -0.1) is 12.4 Å². The van der Waals surface area contributed by atoms with Crippen LogP contribution in [0.15, 0.2) is 30.3 Å². The molecule has 0 bridgehead atoms. The van der Waals surface area contributed by atoms with Crippen LogP contribution in [0.3, 0.4) is 0 Å². The Morgan fingerprint density at radius 2 is 2.05 bits per heavy atom. The molecule has 1 atom stereocenters. The monoisotopic (exact) mass is 300 g/mol. The molecule has 20 heavy (non-hydrogen) atoms. The summed E-state index contributed by atoms with van der Waals surface area (Å²) in [4.78, 5) is 11.7. The number of hydrogen-bond donors (Lipinski definition) is 2. The highest BCUT2D eigenvalue weighted by Gasteiger charge is 2.09. The molecule has 0 radical (unpaired) electrons. The van der Waals surface area contributed by atoms with Crippen LogP contribution in [-0.4, -0.2) is 25.1 Å². The first-order valence-electron chi connectivity index (χ1n) is 6.87. The molecule has 5 heteroatoms. The van der Waals surface area contributed by atoms with E-state index in [-0.39, 0.29) is 31.0 Å². The van der Waals surface area contributed by atoms with Gasteiger partial charge in [-0.2, -0.15) is 0 Å². The van der Waals surface area contributed by atoms with E-state index in [4.69, 9.17) is 10.5 Å². The number of carbonyl (C=O) groups excluding carboxylic acids is 1. The Balaban J connectivity index is 0.00000361. The van der Waals surface area contributed by atoms with Gasteiger partial charge >= 0.3 is 0 Å². The minimum absolute atomic E-state index is 0. The first-order chi connectivity index (χ1) is 9.26. The van der Waals surface area contributed by atoms with Crippen LogP contribution in [-0.2, 0) is 16.1 Å². The predicted octanol–water partition coefficient (Wildman–Crippen LogP) is 2.26. The highest BCUT2D eigenvalue weighted by atomic mass is 35.5. The average Bonchev–Trinajstić information content (AvgIpc) is 2.44. The highest BCUT2D eigenvalue weighted by Crippen LogP contribution is 2.01. The van der Waals surface area contributed by atoms with Crippen LogP contribution >= 0.6 is 12.4 Å². The number of carbonyl (C=O) groups is 1. The van der Waals surface area contributed by atoms with Crippen molar-refractivity contribution in [2.24, 2.45) is 5.73 Å². The second kappa shape index (κ2) is 11.7. The molecule has 0 aliphatic rings. The molecule has 0 fully saturated rings. The van der Waals surface area contributed by atoms with E-state index in [1.807, 2.05) is 30.3 Å². The molecule has 1 aromatic rings. The maximum Gasteiger partial charge on any atom is 0.246 e. The summed E-state index contributed by atoms with van der Waals surface area (Å²) in [6, 6.07) is 9.87. The minimum atomic E-state index is -0.0949. The van der Waals surface area contributed by atoms with Crippen molar-refractivity contribution in [2.75, 3.05) is 13.2 Å². The fourth-order valence-electron chi connectivity index (χ4n) is 1.80. The normalized spacial score (nSPS) is 11.5. The van der Waals surface area contributed by atoms with Crippen molar-refractivity contribution in [1.82, 2.24) is 5.32 Å². The number of hydrogen-bond acceptors (Lipinski definition) is 3. The van der Waals surface area contributed by atoms with Crippen LogP contribution in [0.4, 0.5) is 0 Å². The molecule has 1 rings (SSSR count). The van der Waals surface area contributed by atoms with Gasteiger partial charge < -0.3 is 15.8 Å². The molecule has 3 N–H and O–H groups in total. The smallest absolute Gasteiger partial charge is 0.246 e. The maximum absolute atomic E-state index is 11.7. The van der Waals surface area contributed by atoms with Crippen LogP contribution in [0.2, 0.25) is 0 Å². The molecule has 0 spiro atoms. The molecule has 0 aliphatic heterocycles. The Bertz CT molecular complexity index is 360. The van der Waals surface area contributed by atoms with Crippen LogP contribution in [0.5, 0.6) is 0 Å². The molecule has 1 unspecified atom stereocenters. The largest absolute Gasteiger partial charge is 0.367 e. The fraction of sp³-hybridized carbons (Fsp3) is 0.533. The molecule has 1 aromatic carbocycles. The molecular formula is C15H25ClN2O2. The summed E-state index contributed by atoms with van der Waals surface area (Å²) in [6.45, 7) is 3.14. The SMILES string of the molecule is CCCCC(CN)NC(=O)COCc1ccccc1.Cl. The first-order valence-corrected chi connectivity index (χ1v) is 6.87. The van der Waals surface area contributed by atoms with Gasteiger partial charge in [0.2, 0.25) is 5.91 Å². The zero-order chi connectivity index (χ0) is 13.9. The van der Waals surface area contributed by atoms with Gasteiger partial charge in [0.25, 0.3) is 0 Å². The molecular weight excluding hydrogens is 276 g/mol. The molecule has 4 nitrogen and oxygen atoms in total. The second-order valence-electron chi connectivity index (χ2n) is 4.62. The second-order valence-corrected chi connectivity index (χ2v) is 4.62. The number of rotatable bonds is 9. The van der Waals surface area contributed by atoms with Crippen LogP contribution in [0.1, 0.15) is 31.7 Å². The zero-order valence-electron chi connectivity index (χ0n) is 12.0. The maximum atomic E-state index is 11.7. The van der Waals surface area contributed by atoms with Crippen molar-refractivity contribution in [3.05, 3.63) is 35.9 Å². The summed E-state index contributed by atoms with van der Waals surface area (Å²) in [5, 5.41) is 2.90. The van der Waals surface area contributed by atoms with E-state index < -0.39 is 0 Å². The number of unbranched alkanes of at least 4 members (excludes halogenated alkanes) is 1. The van der Waals surface area contributed by atoms with Gasteiger partial charge in [-0.05, 0) is 12.0 Å². The van der Waals surface area contributed by atoms with E-state index in [1.165, 1.54) is 0 Å². The molecule has 114 valence electrons. The Labute approximate surface area is 127 Å². The summed E-state index contributed by atoms with van der Waals surface area (Å²) in [5.74, 6) is -0.0949. The number of ether oxygens (including phenoxy) is 1. The molecule has 1 amide bonds. The van der Waals surface area contributed by atoms with Crippen LogP contribution < -0.4 is 11.1 Å². The van der Waals surface area contributed by atoms with Crippen LogP contribution in [0, 0.1) is 0 Å². The van der Waals surface area contributed by atoms with E-state index in [2.05, 4.69) is 12.2 Å². The van der Waals surface area contributed by atoms with Gasteiger partial charge in [-0.1, -0.05) is 50.1 Å². The average molecular weight is 301 g/mol. The molecule has 0 saturated heterocycles. The summed E-state index contributed by atoms with van der Waals surface area (Å²) >= 11 is 0. The minimum Gasteiger partial charge on any atom is -0.367 e. The van der Waals surface area contributed by atoms with Crippen molar-refractivity contribution >= 4 is 18.3 Å². The van der Waals surface area contributed by atoms with Crippen molar-refractivity contribution in [3.63, 3.8) is 0 Å². The third kappa shape index (κ3) is 8.15. The predicted molar refractivity (Wildman–Crippen MR) is 83.9 cm³/mol. The molecule has 0 heterocycles. The first kappa shape index (κ1) is 18.9. The van der Waals surface area contributed by atoms with Crippen molar-refractivity contribution in [2.45, 2.75) is 38.8 Å². The van der Waals surface area contributed by atoms with E-state index in [0.29, 0.717) is 13.2 Å². The summed E-state index contributed by atoms with van der Waals surface area (Å²) in [7, 11) is 0.